The Labute approximate surface area is 149 Å². The summed E-state index contributed by atoms with van der Waals surface area (Å²) in [5.41, 5.74) is 0.889. The number of amides is 2. The molecule has 136 valence electrons. The topological polar surface area (TPSA) is 71.1 Å². The van der Waals surface area contributed by atoms with Crippen LogP contribution in [-0.2, 0) is 17.8 Å². The van der Waals surface area contributed by atoms with Gasteiger partial charge in [0.1, 0.15) is 11.6 Å². The van der Waals surface area contributed by atoms with E-state index in [9.17, 15) is 18.4 Å². The lowest BCUT2D eigenvalue weighted by molar-refractivity contribution is -0.117. The van der Waals surface area contributed by atoms with E-state index < -0.39 is 18.4 Å². The van der Waals surface area contributed by atoms with E-state index in [4.69, 9.17) is 0 Å². The lowest BCUT2D eigenvalue weighted by Gasteiger charge is -2.10. The van der Waals surface area contributed by atoms with Crippen molar-refractivity contribution in [2.75, 3.05) is 12.0 Å². The van der Waals surface area contributed by atoms with Gasteiger partial charge in [0.25, 0.3) is 5.91 Å². The number of anilines is 1. The molecule has 0 aliphatic heterocycles. The second-order valence-electron chi connectivity index (χ2n) is 6.21. The minimum atomic E-state index is -0.640. The molecule has 1 saturated carbocycles. The number of nitrogens with zero attached hydrogens (tertiary/aromatic N) is 1. The molecule has 0 radical (unpaired) electrons. The molecule has 0 saturated heterocycles. The molecule has 1 aromatic heterocycles. The third-order valence-electron chi connectivity index (χ3n) is 4.18. The van der Waals surface area contributed by atoms with Crippen LogP contribution >= 0.6 is 0 Å². The van der Waals surface area contributed by atoms with Gasteiger partial charge in [-0.05, 0) is 30.5 Å². The van der Waals surface area contributed by atoms with Crippen molar-refractivity contribution in [2.45, 2.75) is 25.8 Å². The Morgan fingerprint density at radius 3 is 2.69 bits per heavy atom. The van der Waals surface area contributed by atoms with Gasteiger partial charge in [-0.1, -0.05) is 18.2 Å². The number of rotatable bonds is 7. The van der Waals surface area contributed by atoms with Crippen LogP contribution in [0.5, 0.6) is 0 Å². The fourth-order valence-corrected chi connectivity index (χ4v) is 2.56. The molecular weight excluding hydrogens is 340 g/mol. The standard InChI is InChI=1S/C19H19F2N3O2/c20-8-6-12-2-1-3-15(17(12)21)11-23-18(25)14-7-9-22-16(10-14)24-19(26)13-4-5-13/h1-3,7,9-10,13H,4-6,8,11H2,(H,23,25)(H,22,24,26). The number of halogens is 2. The van der Waals surface area contributed by atoms with Gasteiger partial charge >= 0.3 is 0 Å². The average molecular weight is 359 g/mol. The van der Waals surface area contributed by atoms with Gasteiger partial charge in [-0.25, -0.2) is 9.37 Å². The van der Waals surface area contributed by atoms with Gasteiger partial charge in [0.15, 0.2) is 0 Å². The van der Waals surface area contributed by atoms with Crippen LogP contribution in [0.1, 0.15) is 34.3 Å². The van der Waals surface area contributed by atoms with E-state index in [2.05, 4.69) is 15.6 Å². The fourth-order valence-electron chi connectivity index (χ4n) is 2.56. The lowest BCUT2D eigenvalue weighted by atomic mass is 10.1. The van der Waals surface area contributed by atoms with E-state index in [0.717, 1.165) is 12.8 Å². The van der Waals surface area contributed by atoms with E-state index >= 15 is 0 Å². The number of alkyl halides is 1. The van der Waals surface area contributed by atoms with Crippen molar-refractivity contribution in [2.24, 2.45) is 5.92 Å². The van der Waals surface area contributed by atoms with Gasteiger partial charge in [-0.2, -0.15) is 0 Å². The largest absolute Gasteiger partial charge is 0.348 e. The van der Waals surface area contributed by atoms with Gasteiger partial charge in [0, 0.05) is 36.2 Å². The van der Waals surface area contributed by atoms with Crippen molar-refractivity contribution >= 4 is 17.6 Å². The van der Waals surface area contributed by atoms with Gasteiger partial charge in [0.05, 0.1) is 6.67 Å². The highest BCUT2D eigenvalue weighted by atomic mass is 19.1. The molecule has 7 heteroatoms. The van der Waals surface area contributed by atoms with Crippen LogP contribution in [0.25, 0.3) is 0 Å². The molecule has 26 heavy (non-hydrogen) atoms. The van der Waals surface area contributed by atoms with Gasteiger partial charge < -0.3 is 10.6 Å². The number of aryl methyl sites for hydroxylation is 1. The number of aromatic nitrogens is 1. The number of carbonyl (C=O) groups excluding carboxylic acids is 2. The Hall–Kier alpha value is -2.83. The van der Waals surface area contributed by atoms with Gasteiger partial charge in [-0.3, -0.25) is 14.0 Å². The second kappa shape index (κ2) is 8.03. The number of hydrogen-bond acceptors (Lipinski definition) is 3. The second-order valence-corrected chi connectivity index (χ2v) is 6.21. The highest BCUT2D eigenvalue weighted by Crippen LogP contribution is 2.29. The van der Waals surface area contributed by atoms with E-state index in [1.165, 1.54) is 24.4 Å². The number of pyridine rings is 1. The molecule has 0 atom stereocenters. The third kappa shape index (κ3) is 4.41. The zero-order chi connectivity index (χ0) is 18.5. The highest BCUT2D eigenvalue weighted by molar-refractivity contribution is 5.97. The molecule has 1 heterocycles. The van der Waals surface area contributed by atoms with Crippen LogP contribution in [0.4, 0.5) is 14.6 Å². The maximum Gasteiger partial charge on any atom is 0.251 e. The molecule has 1 aliphatic rings. The number of nitrogens with one attached hydrogen (secondary N) is 2. The maximum absolute atomic E-state index is 14.2. The summed E-state index contributed by atoms with van der Waals surface area (Å²) in [7, 11) is 0. The first-order chi connectivity index (χ1) is 12.6. The van der Waals surface area contributed by atoms with Crippen molar-refractivity contribution in [1.82, 2.24) is 10.3 Å². The first-order valence-electron chi connectivity index (χ1n) is 8.46. The Kier molecular flexibility index (Phi) is 5.55. The molecule has 1 aliphatic carbocycles. The van der Waals surface area contributed by atoms with Crippen molar-refractivity contribution in [3.05, 3.63) is 59.0 Å². The van der Waals surface area contributed by atoms with Crippen LogP contribution in [0.2, 0.25) is 0 Å². The molecular formula is C19H19F2N3O2. The molecule has 2 aromatic rings. The molecule has 5 nitrogen and oxygen atoms in total. The summed E-state index contributed by atoms with van der Waals surface area (Å²) in [6.07, 6.45) is 3.18. The summed E-state index contributed by atoms with van der Waals surface area (Å²) in [6, 6.07) is 7.69. The summed E-state index contributed by atoms with van der Waals surface area (Å²) >= 11 is 0. The molecule has 2 N–H and O–H groups in total. The molecule has 0 unspecified atom stereocenters. The SMILES string of the molecule is O=C(NCc1cccc(CCF)c1F)c1ccnc(NC(=O)C2CC2)c1. The minimum absolute atomic E-state index is 0.00201. The quantitative estimate of drug-likeness (QED) is 0.798. The van der Waals surface area contributed by atoms with Crippen molar-refractivity contribution in [3.8, 4) is 0 Å². The van der Waals surface area contributed by atoms with Crippen molar-refractivity contribution < 1.29 is 18.4 Å². The first kappa shape index (κ1) is 18.0. The van der Waals surface area contributed by atoms with E-state index in [1.54, 1.807) is 12.1 Å². The monoisotopic (exact) mass is 359 g/mol. The number of hydrogen-bond donors (Lipinski definition) is 2. The average Bonchev–Trinajstić information content (AvgIpc) is 3.48. The van der Waals surface area contributed by atoms with Gasteiger partial charge in [0.2, 0.25) is 5.91 Å². The smallest absolute Gasteiger partial charge is 0.251 e. The molecule has 0 spiro atoms. The van der Waals surface area contributed by atoms with E-state index in [1.807, 2.05) is 0 Å². The van der Waals surface area contributed by atoms with Gasteiger partial charge in [-0.15, -0.1) is 0 Å². The van der Waals surface area contributed by atoms with Crippen LogP contribution < -0.4 is 10.6 Å². The van der Waals surface area contributed by atoms with E-state index in [0.29, 0.717) is 16.9 Å². The lowest BCUT2D eigenvalue weighted by Crippen LogP contribution is -2.24. The summed E-state index contributed by atoms with van der Waals surface area (Å²) < 4.78 is 26.7. The maximum atomic E-state index is 14.2. The third-order valence-corrected chi connectivity index (χ3v) is 4.18. The highest BCUT2D eigenvalue weighted by Gasteiger charge is 2.29. The number of carbonyl (C=O) groups is 2. The summed E-state index contributed by atoms with van der Waals surface area (Å²) in [5, 5.41) is 5.31. The van der Waals surface area contributed by atoms with Crippen LogP contribution in [0, 0.1) is 11.7 Å². The summed E-state index contributed by atoms with van der Waals surface area (Å²) in [4.78, 5) is 28.1. The number of benzene rings is 1. The Morgan fingerprint density at radius 1 is 1.19 bits per heavy atom. The minimum Gasteiger partial charge on any atom is -0.348 e. The fraction of sp³-hybridized carbons (Fsp3) is 0.316. The molecule has 1 fully saturated rings. The van der Waals surface area contributed by atoms with Crippen LogP contribution in [0.15, 0.2) is 36.5 Å². The Bertz CT molecular complexity index is 822. The normalized spacial score (nSPS) is 13.3. The van der Waals surface area contributed by atoms with Crippen LogP contribution in [-0.4, -0.2) is 23.5 Å². The summed E-state index contributed by atoms with van der Waals surface area (Å²) in [5.74, 6) is -0.663. The molecule has 0 bridgehead atoms. The predicted octanol–water partition coefficient (Wildman–Crippen LogP) is 3.01. The van der Waals surface area contributed by atoms with Crippen LogP contribution in [0.3, 0.4) is 0 Å². The van der Waals surface area contributed by atoms with Crippen molar-refractivity contribution in [1.29, 1.82) is 0 Å². The van der Waals surface area contributed by atoms with E-state index in [-0.39, 0.29) is 30.4 Å². The summed E-state index contributed by atoms with van der Waals surface area (Å²) in [6.45, 7) is -0.657. The Balaban J connectivity index is 1.63. The first-order valence-corrected chi connectivity index (χ1v) is 8.46. The zero-order valence-corrected chi connectivity index (χ0v) is 14.1. The zero-order valence-electron chi connectivity index (χ0n) is 14.1. The Morgan fingerprint density at radius 2 is 1.96 bits per heavy atom. The molecule has 1 aromatic carbocycles. The van der Waals surface area contributed by atoms with Crippen molar-refractivity contribution in [3.63, 3.8) is 0 Å². The molecule has 2 amide bonds. The molecule has 3 rings (SSSR count). The predicted molar refractivity (Wildman–Crippen MR) is 92.8 cm³/mol.